The summed E-state index contributed by atoms with van der Waals surface area (Å²) in [7, 11) is -1.85. The summed E-state index contributed by atoms with van der Waals surface area (Å²) in [5, 5.41) is 3.03. The summed E-state index contributed by atoms with van der Waals surface area (Å²) in [4.78, 5) is 4.09. The third kappa shape index (κ3) is 2.67. The Morgan fingerprint density at radius 1 is 1.35 bits per heavy atom. The first kappa shape index (κ1) is 15.3. The molecule has 1 saturated heterocycles. The van der Waals surface area contributed by atoms with Crippen LogP contribution < -0.4 is 5.32 Å². The molecule has 0 spiro atoms. The lowest BCUT2D eigenvalue weighted by molar-refractivity contribution is 0.157. The average Bonchev–Trinajstić information content (AvgIpc) is 2.42. The highest BCUT2D eigenvalue weighted by atomic mass is 32.2. The number of anilines is 1. The molecule has 3 unspecified atom stereocenters. The molecule has 1 N–H and O–H groups in total. The minimum absolute atomic E-state index is 0.00270. The smallest absolute Gasteiger partial charge is 0.262 e. The fourth-order valence-corrected chi connectivity index (χ4v) is 4.84. The highest BCUT2D eigenvalue weighted by Gasteiger charge is 2.38. The van der Waals surface area contributed by atoms with E-state index in [4.69, 9.17) is 0 Å². The van der Waals surface area contributed by atoms with Gasteiger partial charge in [0.25, 0.3) is 10.0 Å². The molecule has 1 fully saturated rings. The van der Waals surface area contributed by atoms with Crippen molar-refractivity contribution < 1.29 is 8.42 Å². The Morgan fingerprint density at radius 2 is 2.05 bits per heavy atom. The molecule has 1 aromatic rings. The molecular weight excluding hydrogens is 274 g/mol. The Bertz CT molecular complexity index is 574. The quantitative estimate of drug-likeness (QED) is 0.929. The zero-order valence-electron chi connectivity index (χ0n) is 12.5. The van der Waals surface area contributed by atoms with Gasteiger partial charge in [0.15, 0.2) is 5.03 Å². The van der Waals surface area contributed by atoms with Crippen LogP contribution in [0.15, 0.2) is 23.4 Å². The van der Waals surface area contributed by atoms with Gasteiger partial charge in [-0.2, -0.15) is 4.31 Å². The van der Waals surface area contributed by atoms with Crippen molar-refractivity contribution in [1.29, 1.82) is 0 Å². The van der Waals surface area contributed by atoms with Gasteiger partial charge in [-0.25, -0.2) is 13.4 Å². The fourth-order valence-electron chi connectivity index (χ4n) is 2.88. The standard InChI is InChI=1S/C14H23N3O2S/c1-10-8-11(2)12(3)17(9-10)20(18,19)14-13(15-4)6-5-7-16-14/h5-7,10-12,15H,8-9H2,1-4H3. The zero-order chi connectivity index (χ0) is 14.9. The molecular formula is C14H23N3O2S. The molecule has 3 atom stereocenters. The van der Waals surface area contributed by atoms with Crippen molar-refractivity contribution in [2.45, 2.75) is 38.3 Å². The maximum absolute atomic E-state index is 12.9. The number of hydrogen-bond donors (Lipinski definition) is 1. The molecule has 5 nitrogen and oxygen atoms in total. The molecule has 6 heteroatoms. The van der Waals surface area contributed by atoms with E-state index in [2.05, 4.69) is 24.1 Å². The van der Waals surface area contributed by atoms with Crippen LogP contribution in [0.3, 0.4) is 0 Å². The van der Waals surface area contributed by atoms with Crippen LogP contribution in [0.1, 0.15) is 27.2 Å². The third-order valence-electron chi connectivity index (χ3n) is 4.14. The number of aromatic nitrogens is 1. The van der Waals surface area contributed by atoms with Crippen molar-refractivity contribution in [3.05, 3.63) is 18.3 Å². The van der Waals surface area contributed by atoms with Gasteiger partial charge in [-0.05, 0) is 37.3 Å². The Balaban J connectivity index is 2.43. The Morgan fingerprint density at radius 3 is 2.70 bits per heavy atom. The van der Waals surface area contributed by atoms with E-state index < -0.39 is 10.0 Å². The molecule has 0 amide bonds. The predicted molar refractivity (Wildman–Crippen MR) is 80.1 cm³/mol. The molecule has 0 radical (unpaired) electrons. The highest BCUT2D eigenvalue weighted by Crippen LogP contribution is 2.32. The maximum Gasteiger partial charge on any atom is 0.262 e. The van der Waals surface area contributed by atoms with Gasteiger partial charge < -0.3 is 5.32 Å². The van der Waals surface area contributed by atoms with Crippen LogP contribution in [0.25, 0.3) is 0 Å². The van der Waals surface area contributed by atoms with Crippen LogP contribution in [0, 0.1) is 11.8 Å². The fraction of sp³-hybridized carbons (Fsp3) is 0.643. The SMILES string of the molecule is CNc1cccnc1S(=O)(=O)N1CC(C)CC(C)C1C. The van der Waals surface area contributed by atoms with Crippen LogP contribution in [0.2, 0.25) is 0 Å². The van der Waals surface area contributed by atoms with E-state index in [-0.39, 0.29) is 11.1 Å². The Kier molecular flexibility index (Phi) is 4.34. The summed E-state index contributed by atoms with van der Waals surface area (Å²) >= 11 is 0. The van der Waals surface area contributed by atoms with E-state index in [0.717, 1.165) is 6.42 Å². The number of nitrogens with one attached hydrogen (secondary N) is 1. The normalized spacial score (nSPS) is 28.3. The van der Waals surface area contributed by atoms with Gasteiger partial charge in [0, 0.05) is 25.8 Å². The maximum atomic E-state index is 12.9. The molecule has 20 heavy (non-hydrogen) atoms. The molecule has 112 valence electrons. The first-order valence-corrected chi connectivity index (χ1v) is 8.46. The van der Waals surface area contributed by atoms with Crippen molar-refractivity contribution in [1.82, 2.24) is 9.29 Å². The lowest BCUT2D eigenvalue weighted by Gasteiger charge is -2.39. The van der Waals surface area contributed by atoms with Gasteiger partial charge in [0.2, 0.25) is 0 Å². The van der Waals surface area contributed by atoms with Gasteiger partial charge in [-0.1, -0.05) is 13.8 Å². The lowest BCUT2D eigenvalue weighted by atomic mass is 9.88. The van der Waals surface area contributed by atoms with Crippen LogP contribution in [0.5, 0.6) is 0 Å². The van der Waals surface area contributed by atoms with Crippen molar-refractivity contribution >= 4 is 15.7 Å². The molecule has 1 aliphatic heterocycles. The molecule has 1 aliphatic rings. The third-order valence-corrected chi connectivity index (χ3v) is 6.05. The van der Waals surface area contributed by atoms with Gasteiger partial charge >= 0.3 is 0 Å². The summed E-state index contributed by atoms with van der Waals surface area (Å²) in [6.07, 6.45) is 2.59. The zero-order valence-corrected chi connectivity index (χ0v) is 13.3. The summed E-state index contributed by atoms with van der Waals surface area (Å²) in [5.41, 5.74) is 0.547. The van der Waals surface area contributed by atoms with Gasteiger partial charge in [0.05, 0.1) is 5.69 Å². The van der Waals surface area contributed by atoms with E-state index in [0.29, 0.717) is 24.1 Å². The minimum Gasteiger partial charge on any atom is -0.386 e. The predicted octanol–water partition coefficient (Wildman–Crippen LogP) is 2.18. The van der Waals surface area contributed by atoms with Crippen molar-refractivity contribution in [3.8, 4) is 0 Å². The van der Waals surface area contributed by atoms with Gasteiger partial charge in [-0.15, -0.1) is 0 Å². The second-order valence-electron chi connectivity index (χ2n) is 5.74. The molecule has 2 heterocycles. The topological polar surface area (TPSA) is 62.3 Å². The van der Waals surface area contributed by atoms with E-state index in [1.165, 1.54) is 6.20 Å². The molecule has 0 saturated carbocycles. The molecule has 1 aromatic heterocycles. The summed E-state index contributed by atoms with van der Waals surface area (Å²) in [6.45, 7) is 6.76. The first-order valence-electron chi connectivity index (χ1n) is 7.02. The molecule has 0 aromatic carbocycles. The number of pyridine rings is 1. The monoisotopic (exact) mass is 297 g/mol. The van der Waals surface area contributed by atoms with E-state index in [1.54, 1.807) is 23.5 Å². The van der Waals surface area contributed by atoms with Gasteiger partial charge in [-0.3, -0.25) is 0 Å². The van der Waals surface area contributed by atoms with E-state index in [1.807, 2.05) is 6.92 Å². The molecule has 0 aliphatic carbocycles. The van der Waals surface area contributed by atoms with Crippen LogP contribution in [-0.4, -0.2) is 37.3 Å². The number of hydrogen-bond acceptors (Lipinski definition) is 4. The van der Waals surface area contributed by atoms with Crippen LogP contribution in [0.4, 0.5) is 5.69 Å². The molecule has 0 bridgehead atoms. The largest absolute Gasteiger partial charge is 0.386 e. The van der Waals surface area contributed by atoms with Gasteiger partial charge in [0.1, 0.15) is 0 Å². The minimum atomic E-state index is -3.56. The number of nitrogens with zero attached hydrogens (tertiary/aromatic N) is 2. The van der Waals surface area contributed by atoms with E-state index in [9.17, 15) is 8.42 Å². The van der Waals surface area contributed by atoms with Crippen molar-refractivity contribution in [2.75, 3.05) is 18.9 Å². The summed E-state index contributed by atoms with van der Waals surface area (Å²) < 4.78 is 27.4. The first-order chi connectivity index (χ1) is 9.37. The number of rotatable bonds is 3. The van der Waals surface area contributed by atoms with Crippen molar-refractivity contribution in [3.63, 3.8) is 0 Å². The lowest BCUT2D eigenvalue weighted by Crippen LogP contribution is -2.49. The number of sulfonamides is 1. The van der Waals surface area contributed by atoms with E-state index >= 15 is 0 Å². The highest BCUT2D eigenvalue weighted by molar-refractivity contribution is 7.89. The summed E-state index contributed by atoms with van der Waals surface area (Å²) in [5.74, 6) is 0.730. The van der Waals surface area contributed by atoms with Crippen molar-refractivity contribution in [2.24, 2.45) is 11.8 Å². The Labute approximate surface area is 121 Å². The average molecular weight is 297 g/mol. The summed E-state index contributed by atoms with van der Waals surface area (Å²) in [6, 6.07) is 3.47. The second kappa shape index (κ2) is 5.69. The number of piperidine rings is 1. The Hall–Kier alpha value is -1.14. The second-order valence-corrected chi connectivity index (χ2v) is 7.55. The van der Waals surface area contributed by atoms with Crippen LogP contribution in [-0.2, 0) is 10.0 Å². The molecule has 2 rings (SSSR count). The van der Waals surface area contributed by atoms with Crippen LogP contribution >= 0.6 is 0 Å².